The van der Waals surface area contributed by atoms with Crippen LogP contribution in [0.4, 0.5) is 4.79 Å². The lowest BCUT2D eigenvalue weighted by Crippen LogP contribution is -2.28. The number of unbranched alkanes of at least 4 members (excludes halogenated alkanes) is 12. The highest BCUT2D eigenvalue weighted by atomic mass is 16.2. The van der Waals surface area contributed by atoms with Gasteiger partial charge in [0.05, 0.1) is 0 Å². The largest absolute Gasteiger partial charge is 0.326 e. The van der Waals surface area contributed by atoms with Gasteiger partial charge in [-0.1, -0.05) is 90.4 Å². The SMILES string of the molecule is CCCCCCCCCCCCCCCC1NC(=O)NC1=O. The van der Waals surface area contributed by atoms with Crippen LogP contribution < -0.4 is 10.6 Å². The zero-order chi connectivity index (χ0) is 16.0. The molecule has 1 saturated heterocycles. The molecule has 0 spiro atoms. The van der Waals surface area contributed by atoms with Crippen molar-refractivity contribution in [2.45, 2.75) is 103 Å². The molecule has 3 amide bonds. The monoisotopic (exact) mass is 310 g/mol. The van der Waals surface area contributed by atoms with Crippen molar-refractivity contribution in [2.75, 3.05) is 0 Å². The second-order valence-electron chi connectivity index (χ2n) is 6.55. The Hall–Kier alpha value is -1.06. The number of nitrogens with one attached hydrogen (secondary N) is 2. The van der Waals surface area contributed by atoms with Gasteiger partial charge in [-0.25, -0.2) is 4.79 Å². The first-order valence-electron chi connectivity index (χ1n) is 9.35. The molecule has 0 radical (unpaired) electrons. The van der Waals surface area contributed by atoms with Crippen molar-refractivity contribution in [2.24, 2.45) is 0 Å². The van der Waals surface area contributed by atoms with Gasteiger partial charge >= 0.3 is 6.03 Å². The fourth-order valence-electron chi connectivity index (χ4n) is 3.03. The first kappa shape index (κ1) is 19.0. The molecule has 0 saturated carbocycles. The van der Waals surface area contributed by atoms with Gasteiger partial charge in [0.2, 0.25) is 0 Å². The standard InChI is InChI=1S/C18H34N2O2/c1-2-3-4-5-6-7-8-9-10-11-12-13-14-15-16-17(21)20-18(22)19-16/h16H,2-15H2,1H3,(H2,19,20,21,22). The summed E-state index contributed by atoms with van der Waals surface area (Å²) in [4.78, 5) is 22.3. The highest BCUT2D eigenvalue weighted by Gasteiger charge is 2.28. The molecule has 4 heteroatoms. The first-order chi connectivity index (χ1) is 10.7. The smallest absolute Gasteiger partial charge is 0.322 e. The third kappa shape index (κ3) is 9.06. The number of carbonyl (C=O) groups excluding carboxylic acids is 2. The van der Waals surface area contributed by atoms with Gasteiger partial charge in [0.1, 0.15) is 6.04 Å². The van der Waals surface area contributed by atoms with Crippen molar-refractivity contribution in [3.05, 3.63) is 0 Å². The van der Waals surface area contributed by atoms with Crippen LogP contribution in [0.2, 0.25) is 0 Å². The Morgan fingerprint density at radius 3 is 1.59 bits per heavy atom. The molecule has 2 N–H and O–H groups in total. The van der Waals surface area contributed by atoms with Gasteiger partial charge in [-0.05, 0) is 6.42 Å². The number of hydrogen-bond acceptors (Lipinski definition) is 2. The Morgan fingerprint density at radius 2 is 1.18 bits per heavy atom. The maximum absolute atomic E-state index is 11.3. The first-order valence-corrected chi connectivity index (χ1v) is 9.35. The molecular weight excluding hydrogens is 276 g/mol. The quantitative estimate of drug-likeness (QED) is 0.361. The van der Waals surface area contributed by atoms with Gasteiger partial charge in [0, 0.05) is 0 Å². The van der Waals surface area contributed by atoms with E-state index in [1.54, 1.807) is 0 Å². The van der Waals surface area contributed by atoms with E-state index in [0.717, 1.165) is 19.3 Å². The molecule has 0 bridgehead atoms. The van der Waals surface area contributed by atoms with Crippen LogP contribution in [0.25, 0.3) is 0 Å². The maximum atomic E-state index is 11.3. The highest BCUT2D eigenvalue weighted by Crippen LogP contribution is 2.13. The Labute approximate surface area is 135 Å². The Kier molecular flexibility index (Phi) is 10.8. The number of hydrogen-bond donors (Lipinski definition) is 2. The molecule has 1 atom stereocenters. The summed E-state index contributed by atoms with van der Waals surface area (Å²) in [5.74, 6) is -0.163. The van der Waals surface area contributed by atoms with Crippen LogP contribution in [0.5, 0.6) is 0 Å². The lowest BCUT2D eigenvalue weighted by Gasteiger charge is -2.06. The van der Waals surface area contributed by atoms with Crippen LogP contribution in [0.15, 0.2) is 0 Å². The van der Waals surface area contributed by atoms with Crippen LogP contribution in [0.1, 0.15) is 96.8 Å². The molecule has 1 heterocycles. The average molecular weight is 310 g/mol. The molecular formula is C18H34N2O2. The molecule has 0 aromatic carbocycles. The molecule has 1 aliphatic rings. The lowest BCUT2D eigenvalue weighted by atomic mass is 10.0. The van der Waals surface area contributed by atoms with E-state index < -0.39 is 0 Å². The summed E-state index contributed by atoms with van der Waals surface area (Å²) in [6.45, 7) is 2.26. The summed E-state index contributed by atoms with van der Waals surface area (Å²) < 4.78 is 0. The van der Waals surface area contributed by atoms with Gasteiger partial charge in [0.25, 0.3) is 5.91 Å². The van der Waals surface area contributed by atoms with Gasteiger partial charge in [-0.15, -0.1) is 0 Å². The molecule has 1 fully saturated rings. The van der Waals surface area contributed by atoms with E-state index in [4.69, 9.17) is 0 Å². The highest BCUT2D eigenvalue weighted by molar-refractivity contribution is 6.04. The lowest BCUT2D eigenvalue weighted by molar-refractivity contribution is -0.120. The second-order valence-corrected chi connectivity index (χ2v) is 6.55. The van der Waals surface area contributed by atoms with Crippen molar-refractivity contribution < 1.29 is 9.59 Å². The van der Waals surface area contributed by atoms with Gasteiger partial charge in [-0.3, -0.25) is 10.1 Å². The molecule has 0 aromatic heterocycles. The Morgan fingerprint density at radius 1 is 0.727 bits per heavy atom. The summed E-state index contributed by atoms with van der Waals surface area (Å²) in [5.41, 5.74) is 0. The van der Waals surface area contributed by atoms with Gasteiger partial charge in [-0.2, -0.15) is 0 Å². The van der Waals surface area contributed by atoms with Crippen LogP contribution in [-0.4, -0.2) is 18.0 Å². The zero-order valence-electron chi connectivity index (χ0n) is 14.3. The normalized spacial score (nSPS) is 17.6. The molecule has 4 nitrogen and oxygen atoms in total. The molecule has 0 aromatic rings. The van der Waals surface area contributed by atoms with E-state index in [2.05, 4.69) is 17.6 Å². The predicted molar refractivity (Wildman–Crippen MR) is 90.8 cm³/mol. The van der Waals surface area contributed by atoms with E-state index in [-0.39, 0.29) is 18.0 Å². The average Bonchev–Trinajstić information content (AvgIpc) is 2.82. The number of amides is 3. The molecule has 128 valence electrons. The van der Waals surface area contributed by atoms with E-state index in [1.165, 1.54) is 70.6 Å². The molecule has 22 heavy (non-hydrogen) atoms. The molecule has 1 rings (SSSR count). The molecule has 1 unspecified atom stereocenters. The maximum Gasteiger partial charge on any atom is 0.322 e. The van der Waals surface area contributed by atoms with Gasteiger partial charge < -0.3 is 5.32 Å². The van der Waals surface area contributed by atoms with Crippen LogP contribution in [0, 0.1) is 0 Å². The van der Waals surface area contributed by atoms with Crippen molar-refractivity contribution in [1.82, 2.24) is 10.6 Å². The fourth-order valence-corrected chi connectivity index (χ4v) is 3.03. The third-order valence-electron chi connectivity index (χ3n) is 4.45. The van der Waals surface area contributed by atoms with E-state index in [0.29, 0.717) is 0 Å². The fraction of sp³-hybridized carbons (Fsp3) is 0.889. The molecule has 1 aliphatic heterocycles. The van der Waals surface area contributed by atoms with Crippen molar-refractivity contribution >= 4 is 11.9 Å². The summed E-state index contributed by atoms with van der Waals surface area (Å²) in [6, 6.07) is -0.634. The number of rotatable bonds is 14. The van der Waals surface area contributed by atoms with Crippen LogP contribution in [0.3, 0.4) is 0 Å². The summed E-state index contributed by atoms with van der Waals surface area (Å²) >= 11 is 0. The predicted octanol–water partition coefficient (Wildman–Crippen LogP) is 4.68. The molecule has 0 aliphatic carbocycles. The zero-order valence-corrected chi connectivity index (χ0v) is 14.3. The number of carbonyl (C=O) groups is 2. The Bertz CT molecular complexity index is 318. The minimum atomic E-state index is -0.343. The minimum absolute atomic E-state index is 0.163. The summed E-state index contributed by atoms with van der Waals surface area (Å²) in [6.07, 6.45) is 18.0. The van der Waals surface area contributed by atoms with Crippen molar-refractivity contribution in [3.63, 3.8) is 0 Å². The van der Waals surface area contributed by atoms with E-state index >= 15 is 0 Å². The van der Waals surface area contributed by atoms with Gasteiger partial charge in [0.15, 0.2) is 0 Å². The summed E-state index contributed by atoms with van der Waals surface area (Å²) in [5, 5.41) is 4.92. The minimum Gasteiger partial charge on any atom is -0.326 e. The Balaban J connectivity index is 1.77. The van der Waals surface area contributed by atoms with E-state index in [1.807, 2.05) is 0 Å². The van der Waals surface area contributed by atoms with Crippen molar-refractivity contribution in [1.29, 1.82) is 0 Å². The van der Waals surface area contributed by atoms with Crippen molar-refractivity contribution in [3.8, 4) is 0 Å². The van der Waals surface area contributed by atoms with Crippen LogP contribution >= 0.6 is 0 Å². The topological polar surface area (TPSA) is 58.2 Å². The van der Waals surface area contributed by atoms with E-state index in [9.17, 15) is 9.59 Å². The summed E-state index contributed by atoms with van der Waals surface area (Å²) in [7, 11) is 0. The third-order valence-corrected chi connectivity index (χ3v) is 4.45. The number of urea groups is 1. The second kappa shape index (κ2) is 12.5. The van der Waals surface area contributed by atoms with Crippen LogP contribution in [-0.2, 0) is 4.79 Å². The number of imide groups is 1.